The van der Waals surface area contributed by atoms with Crippen LogP contribution in [0.2, 0.25) is 0 Å². The quantitative estimate of drug-likeness (QED) is 0.663. The van der Waals surface area contributed by atoms with Crippen LogP contribution in [0, 0.1) is 11.7 Å². The lowest BCUT2D eigenvalue weighted by Gasteiger charge is -2.08. The molecule has 0 aliphatic rings. The van der Waals surface area contributed by atoms with Crippen LogP contribution in [-0.2, 0) is 16.1 Å². The minimum atomic E-state index is -0.299. The fraction of sp³-hybridized carbons (Fsp3) is 0.375. The molecular formula is C16H21N5O2S. The smallest absolute Gasteiger partial charge is 0.240 e. The maximum absolute atomic E-state index is 12.1. The highest BCUT2D eigenvalue weighted by molar-refractivity contribution is 7.71. The second kappa shape index (κ2) is 8.39. The van der Waals surface area contributed by atoms with Gasteiger partial charge in [-0.2, -0.15) is 5.10 Å². The SMILES string of the molecule is CCCNC(=O)CNC(=O)Cn1c(-c2ccc(C)cc2)n[nH]c1=S. The number of rotatable bonds is 7. The topological polar surface area (TPSA) is 91.8 Å². The van der Waals surface area contributed by atoms with Crippen LogP contribution in [0.4, 0.5) is 0 Å². The highest BCUT2D eigenvalue weighted by Crippen LogP contribution is 2.17. The molecule has 0 aliphatic carbocycles. The number of amides is 2. The van der Waals surface area contributed by atoms with E-state index in [0.29, 0.717) is 17.1 Å². The number of hydrogen-bond acceptors (Lipinski definition) is 4. The van der Waals surface area contributed by atoms with Gasteiger partial charge in [0.1, 0.15) is 6.54 Å². The Balaban J connectivity index is 2.03. The van der Waals surface area contributed by atoms with Crippen LogP contribution in [0.3, 0.4) is 0 Å². The first-order valence-electron chi connectivity index (χ1n) is 7.77. The zero-order chi connectivity index (χ0) is 17.5. The van der Waals surface area contributed by atoms with E-state index >= 15 is 0 Å². The van der Waals surface area contributed by atoms with Crippen molar-refractivity contribution in [2.24, 2.45) is 0 Å². The Morgan fingerprint density at radius 3 is 2.58 bits per heavy atom. The van der Waals surface area contributed by atoms with E-state index in [-0.39, 0.29) is 24.9 Å². The van der Waals surface area contributed by atoms with Crippen molar-refractivity contribution in [2.45, 2.75) is 26.8 Å². The Bertz CT molecular complexity index is 764. The maximum atomic E-state index is 12.1. The summed E-state index contributed by atoms with van der Waals surface area (Å²) < 4.78 is 1.97. The first kappa shape index (κ1) is 17.9. The van der Waals surface area contributed by atoms with Crippen LogP contribution < -0.4 is 10.6 Å². The largest absolute Gasteiger partial charge is 0.355 e. The van der Waals surface area contributed by atoms with Crippen molar-refractivity contribution in [1.29, 1.82) is 0 Å². The van der Waals surface area contributed by atoms with Crippen LogP contribution in [0.1, 0.15) is 18.9 Å². The lowest BCUT2D eigenvalue weighted by molar-refractivity contribution is -0.126. The molecule has 7 nitrogen and oxygen atoms in total. The molecule has 0 saturated carbocycles. The molecule has 0 atom stereocenters. The van der Waals surface area contributed by atoms with Gasteiger partial charge in [-0.3, -0.25) is 19.3 Å². The number of aromatic amines is 1. The van der Waals surface area contributed by atoms with Crippen molar-refractivity contribution in [1.82, 2.24) is 25.4 Å². The number of carbonyl (C=O) groups is 2. The fourth-order valence-electron chi connectivity index (χ4n) is 2.09. The molecular weight excluding hydrogens is 326 g/mol. The maximum Gasteiger partial charge on any atom is 0.240 e. The van der Waals surface area contributed by atoms with Gasteiger partial charge in [0, 0.05) is 12.1 Å². The minimum absolute atomic E-state index is 0.000396. The molecule has 3 N–H and O–H groups in total. The zero-order valence-electron chi connectivity index (χ0n) is 13.8. The van der Waals surface area contributed by atoms with E-state index in [4.69, 9.17) is 12.2 Å². The normalized spacial score (nSPS) is 10.4. The van der Waals surface area contributed by atoms with Crippen molar-refractivity contribution in [3.8, 4) is 11.4 Å². The molecule has 0 bridgehead atoms. The third kappa shape index (κ3) is 4.76. The Kier molecular flexibility index (Phi) is 6.25. The number of nitrogens with one attached hydrogen (secondary N) is 3. The molecule has 1 aromatic heterocycles. The lowest BCUT2D eigenvalue weighted by atomic mass is 10.1. The van der Waals surface area contributed by atoms with E-state index in [1.54, 1.807) is 4.57 Å². The number of carbonyl (C=O) groups excluding carboxylic acids is 2. The molecule has 2 amide bonds. The van der Waals surface area contributed by atoms with Gasteiger partial charge in [-0.15, -0.1) is 0 Å². The molecule has 0 fully saturated rings. The van der Waals surface area contributed by atoms with Crippen molar-refractivity contribution in [2.75, 3.05) is 13.1 Å². The molecule has 24 heavy (non-hydrogen) atoms. The van der Waals surface area contributed by atoms with Crippen molar-refractivity contribution >= 4 is 24.0 Å². The molecule has 1 heterocycles. The standard InChI is InChI=1S/C16H21N5O2S/c1-3-8-17-13(22)9-18-14(23)10-21-15(19-20-16(21)24)12-6-4-11(2)5-7-12/h4-7H,3,8-10H2,1-2H3,(H,17,22)(H,18,23)(H,20,24). The molecule has 0 radical (unpaired) electrons. The number of benzene rings is 1. The van der Waals surface area contributed by atoms with Gasteiger partial charge in [0.25, 0.3) is 0 Å². The van der Waals surface area contributed by atoms with Gasteiger partial charge in [0.2, 0.25) is 11.8 Å². The summed E-state index contributed by atoms with van der Waals surface area (Å²) in [6.45, 7) is 4.51. The highest BCUT2D eigenvalue weighted by atomic mass is 32.1. The van der Waals surface area contributed by atoms with Crippen LogP contribution in [0.15, 0.2) is 24.3 Å². The summed E-state index contributed by atoms with van der Waals surface area (Å²) in [5.41, 5.74) is 2.00. The number of H-pyrrole nitrogens is 1. The van der Waals surface area contributed by atoms with Crippen LogP contribution in [-0.4, -0.2) is 39.7 Å². The molecule has 128 valence electrons. The highest BCUT2D eigenvalue weighted by Gasteiger charge is 2.13. The summed E-state index contributed by atoms with van der Waals surface area (Å²) >= 11 is 5.20. The molecule has 0 unspecified atom stereocenters. The van der Waals surface area contributed by atoms with Gasteiger partial charge in [-0.05, 0) is 25.6 Å². The van der Waals surface area contributed by atoms with Gasteiger partial charge < -0.3 is 10.6 Å². The van der Waals surface area contributed by atoms with E-state index in [2.05, 4.69) is 20.8 Å². The van der Waals surface area contributed by atoms with Gasteiger partial charge >= 0.3 is 0 Å². The Labute approximate surface area is 145 Å². The number of aryl methyl sites for hydroxylation is 1. The summed E-state index contributed by atoms with van der Waals surface area (Å²) in [5, 5.41) is 12.2. The van der Waals surface area contributed by atoms with Crippen LogP contribution in [0.5, 0.6) is 0 Å². The van der Waals surface area contributed by atoms with E-state index in [1.807, 2.05) is 38.1 Å². The van der Waals surface area contributed by atoms with Crippen molar-refractivity contribution in [3.63, 3.8) is 0 Å². The molecule has 0 saturated heterocycles. The predicted molar refractivity (Wildman–Crippen MR) is 93.9 cm³/mol. The third-order valence-corrected chi connectivity index (χ3v) is 3.70. The van der Waals surface area contributed by atoms with Gasteiger partial charge in [0.15, 0.2) is 10.6 Å². The first-order valence-corrected chi connectivity index (χ1v) is 8.17. The monoisotopic (exact) mass is 347 g/mol. The summed E-state index contributed by atoms with van der Waals surface area (Å²) in [6, 6.07) is 7.78. The van der Waals surface area contributed by atoms with Gasteiger partial charge in [-0.25, -0.2) is 0 Å². The molecule has 1 aromatic carbocycles. The summed E-state index contributed by atoms with van der Waals surface area (Å²) in [7, 11) is 0. The number of hydrogen-bond donors (Lipinski definition) is 3. The molecule has 8 heteroatoms. The average molecular weight is 347 g/mol. The van der Waals surface area contributed by atoms with Crippen molar-refractivity contribution < 1.29 is 9.59 Å². The van der Waals surface area contributed by atoms with Gasteiger partial charge in [0.05, 0.1) is 6.54 Å². The van der Waals surface area contributed by atoms with Crippen LogP contribution in [0.25, 0.3) is 11.4 Å². The molecule has 0 spiro atoms. The lowest BCUT2D eigenvalue weighted by Crippen LogP contribution is -2.38. The van der Waals surface area contributed by atoms with E-state index < -0.39 is 0 Å². The van der Waals surface area contributed by atoms with E-state index in [9.17, 15) is 9.59 Å². The van der Waals surface area contributed by atoms with Gasteiger partial charge in [-0.1, -0.05) is 36.8 Å². The van der Waals surface area contributed by atoms with Crippen LogP contribution >= 0.6 is 12.2 Å². The molecule has 2 aromatic rings. The summed E-state index contributed by atoms with van der Waals surface area (Å²) in [4.78, 5) is 23.6. The second-order valence-corrected chi connectivity index (χ2v) is 5.82. The Morgan fingerprint density at radius 1 is 1.21 bits per heavy atom. The fourth-order valence-corrected chi connectivity index (χ4v) is 2.29. The summed E-state index contributed by atoms with van der Waals surface area (Å²) in [6.07, 6.45) is 0.851. The van der Waals surface area contributed by atoms with Crippen molar-refractivity contribution in [3.05, 3.63) is 34.6 Å². The number of aromatic nitrogens is 3. The van der Waals surface area contributed by atoms with E-state index in [1.165, 1.54) is 0 Å². The Hall–Kier alpha value is -2.48. The third-order valence-electron chi connectivity index (χ3n) is 3.39. The average Bonchev–Trinajstić information content (AvgIpc) is 2.92. The molecule has 2 rings (SSSR count). The first-order chi connectivity index (χ1) is 11.5. The summed E-state index contributed by atoms with van der Waals surface area (Å²) in [5.74, 6) is 0.0813. The second-order valence-electron chi connectivity index (χ2n) is 5.43. The van der Waals surface area contributed by atoms with E-state index in [0.717, 1.165) is 17.5 Å². The minimum Gasteiger partial charge on any atom is -0.355 e. The predicted octanol–water partition coefficient (Wildman–Crippen LogP) is 1.56. The molecule has 0 aliphatic heterocycles. The zero-order valence-corrected chi connectivity index (χ0v) is 14.6. The Morgan fingerprint density at radius 2 is 1.92 bits per heavy atom. The number of nitrogens with zero attached hydrogens (tertiary/aromatic N) is 2.